The summed E-state index contributed by atoms with van der Waals surface area (Å²) in [6.45, 7) is 6.08. The number of nitrogens with zero attached hydrogens (tertiary/aromatic N) is 3. The molecule has 1 aromatic heterocycles. The van der Waals surface area contributed by atoms with Crippen LogP contribution in [0.2, 0.25) is 0 Å². The number of halogens is 1. The maximum absolute atomic E-state index is 15.7. The van der Waals surface area contributed by atoms with E-state index in [1.807, 2.05) is 13.8 Å². The Morgan fingerprint density at radius 1 is 1.34 bits per heavy atom. The summed E-state index contributed by atoms with van der Waals surface area (Å²) in [7, 11) is -0.981. The lowest BCUT2D eigenvalue weighted by Crippen LogP contribution is -2.57. The highest BCUT2D eigenvalue weighted by atomic mass is 32.3. The summed E-state index contributed by atoms with van der Waals surface area (Å²) in [5.74, 6) is -0.711. The third-order valence-corrected chi connectivity index (χ3v) is 10.3. The average molecular weight is 463 g/mol. The monoisotopic (exact) mass is 462 g/mol. The van der Waals surface area contributed by atoms with Crippen molar-refractivity contribution in [1.82, 2.24) is 14.7 Å². The first-order valence-electron chi connectivity index (χ1n) is 10.2. The molecule has 32 heavy (non-hydrogen) atoms. The van der Waals surface area contributed by atoms with E-state index in [0.29, 0.717) is 13.0 Å². The molecule has 2 aliphatic heterocycles. The van der Waals surface area contributed by atoms with Crippen LogP contribution in [0.25, 0.3) is 0 Å². The lowest BCUT2D eigenvalue weighted by molar-refractivity contribution is 0.102. The van der Waals surface area contributed by atoms with E-state index in [1.54, 1.807) is 19.1 Å². The van der Waals surface area contributed by atoms with E-state index in [2.05, 4.69) is 20.0 Å². The fraction of sp³-hybridized carbons (Fsp3) is 0.429. The number of amides is 1. The number of nitrogens with two attached hydrogens (primary N) is 1. The first kappa shape index (κ1) is 22.4. The quantitative estimate of drug-likeness (QED) is 0.549. The Kier molecular flexibility index (Phi) is 5.38. The van der Waals surface area contributed by atoms with Crippen LogP contribution in [0.4, 0.5) is 10.1 Å². The number of rotatable bonds is 4. The van der Waals surface area contributed by atoms with Gasteiger partial charge in [-0.2, -0.15) is 0 Å². The highest BCUT2D eigenvalue weighted by Crippen LogP contribution is 2.67. The molecule has 9 nitrogen and oxygen atoms in total. The molecule has 1 saturated heterocycles. The number of aromatic nitrogens is 2. The number of anilines is 1. The van der Waals surface area contributed by atoms with Crippen molar-refractivity contribution >= 4 is 27.9 Å². The van der Waals surface area contributed by atoms with Gasteiger partial charge in [0.05, 0.1) is 35.2 Å². The van der Waals surface area contributed by atoms with Crippen LogP contribution in [0.1, 0.15) is 43.2 Å². The van der Waals surface area contributed by atoms with Gasteiger partial charge in [0.25, 0.3) is 5.91 Å². The molecule has 0 aliphatic carbocycles. The van der Waals surface area contributed by atoms with Gasteiger partial charge in [-0.15, -0.1) is 0 Å². The van der Waals surface area contributed by atoms with Gasteiger partial charge in [-0.3, -0.25) is 14.5 Å². The summed E-state index contributed by atoms with van der Waals surface area (Å²) in [6.07, 6.45) is 3.18. The predicted molar refractivity (Wildman–Crippen MR) is 123 cm³/mol. The molecule has 11 heteroatoms. The van der Waals surface area contributed by atoms with Gasteiger partial charge in [0, 0.05) is 12.1 Å². The fourth-order valence-electron chi connectivity index (χ4n) is 4.36. The summed E-state index contributed by atoms with van der Waals surface area (Å²) in [5.41, 5.74) is 5.44. The van der Waals surface area contributed by atoms with Crippen molar-refractivity contribution in [3.8, 4) is 5.88 Å². The van der Waals surface area contributed by atoms with Gasteiger partial charge in [-0.25, -0.2) is 14.4 Å². The summed E-state index contributed by atoms with van der Waals surface area (Å²) < 4.78 is 34.7. The van der Waals surface area contributed by atoms with Crippen molar-refractivity contribution in [2.75, 3.05) is 19.0 Å². The van der Waals surface area contributed by atoms with E-state index < -0.39 is 32.5 Å². The molecule has 1 unspecified atom stereocenters. The largest absolute Gasteiger partial charge is 0.480 e. The van der Waals surface area contributed by atoms with Gasteiger partial charge in [-0.05, 0) is 33.3 Å². The van der Waals surface area contributed by atoms with E-state index in [1.165, 1.54) is 25.6 Å². The number of amidine groups is 1. The minimum atomic E-state index is -2.42. The molecule has 1 amide bonds. The maximum Gasteiger partial charge on any atom is 0.275 e. The van der Waals surface area contributed by atoms with E-state index in [4.69, 9.17) is 15.5 Å². The first-order valence-corrected chi connectivity index (χ1v) is 11.8. The number of fused-ring (bicyclic) bond motifs is 1. The van der Waals surface area contributed by atoms with Gasteiger partial charge in [0.1, 0.15) is 17.1 Å². The van der Waals surface area contributed by atoms with Crippen LogP contribution >= 0.6 is 10.5 Å². The standard InChI is InChI=1S/C21H27FN6O3S/c1-20(2)19(23)28-21(3,15-8-9-26-32(15,20)30)12-6-5-7-13(17(12)22)27-18(29)14-10-25-16(31-4)11-24-14/h5-7,10-11,15,26,30H,8-9H2,1-4H3,(H2,23,28)(H,27,29)/t15-,21+/m0/s1. The fourth-order valence-corrected chi connectivity index (χ4v) is 7.73. The second kappa shape index (κ2) is 7.68. The Labute approximate surface area is 187 Å². The number of methoxy groups -OCH3 is 1. The van der Waals surface area contributed by atoms with Crippen molar-refractivity contribution < 1.29 is 18.5 Å². The summed E-state index contributed by atoms with van der Waals surface area (Å²) in [5, 5.41) is 2.21. The summed E-state index contributed by atoms with van der Waals surface area (Å²) in [4.78, 5) is 25.2. The average Bonchev–Trinajstić information content (AvgIpc) is 3.19. The summed E-state index contributed by atoms with van der Waals surface area (Å²) in [6, 6.07) is 4.72. The Morgan fingerprint density at radius 2 is 2.09 bits per heavy atom. The topological polar surface area (TPSA) is 135 Å². The molecule has 1 aromatic carbocycles. The number of nitrogens with one attached hydrogen (secondary N) is 2. The second-order valence-electron chi connectivity index (χ2n) is 8.52. The molecular weight excluding hydrogens is 435 g/mol. The molecule has 5 N–H and O–H groups in total. The highest BCUT2D eigenvalue weighted by molar-refractivity contribution is 8.29. The molecule has 3 heterocycles. The number of hydrogen-bond donors (Lipinski definition) is 4. The Hall–Kier alpha value is -2.76. The van der Waals surface area contributed by atoms with Crippen LogP contribution in [0, 0.1) is 5.82 Å². The zero-order valence-corrected chi connectivity index (χ0v) is 19.2. The van der Waals surface area contributed by atoms with Gasteiger partial charge in [-0.1, -0.05) is 22.6 Å². The molecule has 2 aliphatic rings. The Morgan fingerprint density at radius 3 is 2.75 bits per heavy atom. The smallest absolute Gasteiger partial charge is 0.275 e. The number of ether oxygens (including phenoxy) is 1. The zero-order chi connectivity index (χ0) is 23.3. The maximum atomic E-state index is 15.7. The van der Waals surface area contributed by atoms with Gasteiger partial charge < -0.3 is 20.3 Å². The molecule has 3 atom stereocenters. The third-order valence-electron chi connectivity index (χ3n) is 6.38. The van der Waals surface area contributed by atoms with E-state index in [-0.39, 0.29) is 33.9 Å². The molecule has 2 aromatic rings. The summed E-state index contributed by atoms with van der Waals surface area (Å²) >= 11 is 0. The van der Waals surface area contributed by atoms with E-state index in [9.17, 15) is 9.35 Å². The minimum Gasteiger partial charge on any atom is -0.480 e. The molecule has 0 radical (unpaired) electrons. The molecule has 0 saturated carbocycles. The van der Waals surface area contributed by atoms with Gasteiger partial charge in [0.2, 0.25) is 5.88 Å². The number of aliphatic imine (C=N–C) groups is 1. The third kappa shape index (κ3) is 3.23. The highest BCUT2D eigenvalue weighted by Gasteiger charge is 2.60. The zero-order valence-electron chi connectivity index (χ0n) is 18.3. The lowest BCUT2D eigenvalue weighted by atomic mass is 9.85. The number of carbonyl (C=O) groups is 1. The van der Waals surface area contributed by atoms with Gasteiger partial charge >= 0.3 is 0 Å². The van der Waals surface area contributed by atoms with Crippen LogP contribution in [-0.2, 0) is 5.54 Å². The normalized spacial score (nSPS) is 30.6. The van der Waals surface area contributed by atoms with Crippen LogP contribution in [-0.4, -0.2) is 49.9 Å². The van der Waals surface area contributed by atoms with Crippen molar-refractivity contribution in [1.29, 1.82) is 0 Å². The van der Waals surface area contributed by atoms with E-state index in [0.717, 1.165) is 0 Å². The predicted octanol–water partition coefficient (Wildman–Crippen LogP) is 2.80. The van der Waals surface area contributed by atoms with Crippen molar-refractivity contribution in [2.24, 2.45) is 10.7 Å². The molecule has 0 bridgehead atoms. The lowest BCUT2D eigenvalue weighted by Gasteiger charge is -2.56. The van der Waals surface area contributed by atoms with Crippen molar-refractivity contribution in [3.05, 3.63) is 47.7 Å². The Bertz CT molecular complexity index is 1100. The first-order chi connectivity index (χ1) is 15.0. The van der Waals surface area contributed by atoms with Gasteiger partial charge in [0.15, 0.2) is 5.82 Å². The van der Waals surface area contributed by atoms with Crippen LogP contribution in [0.3, 0.4) is 0 Å². The molecule has 172 valence electrons. The molecule has 1 fully saturated rings. The molecule has 0 spiro atoms. The number of benzene rings is 1. The van der Waals surface area contributed by atoms with Crippen molar-refractivity contribution in [3.63, 3.8) is 0 Å². The molecular formula is C21H27FN6O3S. The van der Waals surface area contributed by atoms with Crippen molar-refractivity contribution in [2.45, 2.75) is 42.7 Å². The van der Waals surface area contributed by atoms with Crippen LogP contribution < -0.4 is 20.5 Å². The Balaban J connectivity index is 1.72. The SMILES string of the molecule is COc1cnc(C(=O)Nc2cccc([C@@]3(C)N=C(N)C(C)(C)S4(O)NCC[C@@H]34)c2F)cn1. The number of hydrogen-bond acceptors (Lipinski definition) is 8. The minimum absolute atomic E-state index is 0.0160. The number of carbonyl (C=O) groups excluding carboxylic acids is 1. The second-order valence-corrected chi connectivity index (χ2v) is 11.6. The van der Waals surface area contributed by atoms with Crippen LogP contribution in [0.5, 0.6) is 5.88 Å². The van der Waals surface area contributed by atoms with Crippen LogP contribution in [0.15, 0.2) is 35.6 Å². The molecule has 4 rings (SSSR count). The van der Waals surface area contributed by atoms with E-state index >= 15 is 4.39 Å².